The summed E-state index contributed by atoms with van der Waals surface area (Å²) in [7, 11) is 0. The van der Waals surface area contributed by atoms with Gasteiger partial charge in [-0.3, -0.25) is 0 Å². The van der Waals surface area contributed by atoms with Crippen molar-refractivity contribution >= 4 is 11.7 Å². The van der Waals surface area contributed by atoms with E-state index in [0.29, 0.717) is 17.8 Å². The lowest BCUT2D eigenvalue weighted by atomic mass is 9.90. The van der Waals surface area contributed by atoms with E-state index in [9.17, 15) is 0 Å². The third-order valence-corrected chi connectivity index (χ3v) is 10.0. The Bertz CT molecular complexity index is 1250. The highest BCUT2D eigenvalue weighted by Gasteiger charge is 2.60. The average Bonchev–Trinajstić information content (AvgIpc) is 3.87. The van der Waals surface area contributed by atoms with Crippen LogP contribution in [-0.4, -0.2) is 62.0 Å². The maximum Gasteiger partial charge on any atom is 0.226 e. The molecule has 0 radical (unpaired) electrons. The van der Waals surface area contributed by atoms with E-state index in [1.54, 1.807) is 0 Å². The largest absolute Gasteiger partial charge is 0.497 e. The standard InChI is InChI=1S/C35H49N5O2/c1-4-34-24-27(34)29(16-17-32(34)42-23-21-40(5-2)6-3)38-33-37-20-11-13-31(39-33)35-18-10-12-30(28(35)25-35)41-22-9-7-8-19-36-26-14-15-26/h7-8,10-12,16-18,20,26-28,36H,4-6,9,13-15,19,21-25H2,1-3H3,(H,37,38)/b8-7+. The number of nitrogens with zero attached hydrogens (tertiary/aromatic N) is 3. The molecule has 1 aliphatic heterocycles. The molecule has 7 nitrogen and oxygen atoms in total. The summed E-state index contributed by atoms with van der Waals surface area (Å²) in [6.45, 7) is 12.2. The van der Waals surface area contributed by atoms with E-state index >= 15 is 0 Å². The number of rotatable bonds is 16. The van der Waals surface area contributed by atoms with Crippen LogP contribution in [-0.2, 0) is 9.47 Å². The summed E-state index contributed by atoms with van der Waals surface area (Å²) in [5.41, 5.74) is 2.44. The van der Waals surface area contributed by atoms with Crippen LogP contribution in [0.4, 0.5) is 0 Å². The fraction of sp³-hybridized carbons (Fsp3) is 0.600. The summed E-state index contributed by atoms with van der Waals surface area (Å²) >= 11 is 0. The van der Waals surface area contributed by atoms with E-state index in [-0.39, 0.29) is 10.8 Å². The predicted molar refractivity (Wildman–Crippen MR) is 171 cm³/mol. The van der Waals surface area contributed by atoms with Gasteiger partial charge in [0.25, 0.3) is 0 Å². The van der Waals surface area contributed by atoms with Crippen molar-refractivity contribution in [2.45, 2.75) is 71.8 Å². The third kappa shape index (κ3) is 6.23. The summed E-state index contributed by atoms with van der Waals surface area (Å²) in [5, 5.41) is 7.15. The minimum absolute atomic E-state index is 0.0509. The van der Waals surface area contributed by atoms with Gasteiger partial charge in [0, 0.05) is 65.8 Å². The van der Waals surface area contributed by atoms with Crippen LogP contribution in [0, 0.1) is 22.7 Å². The summed E-state index contributed by atoms with van der Waals surface area (Å²) in [6.07, 6.45) is 27.1. The molecule has 6 aliphatic rings. The van der Waals surface area contributed by atoms with Gasteiger partial charge < -0.3 is 25.0 Å². The molecular formula is C35H49N5O2. The number of fused-ring (bicyclic) bond motifs is 2. The van der Waals surface area contributed by atoms with Gasteiger partial charge in [-0.25, -0.2) is 9.98 Å². The van der Waals surface area contributed by atoms with Crippen LogP contribution in [0.25, 0.3) is 0 Å². The molecule has 6 rings (SSSR count). The third-order valence-electron chi connectivity index (χ3n) is 10.0. The monoisotopic (exact) mass is 571 g/mol. The van der Waals surface area contributed by atoms with E-state index in [1.807, 2.05) is 6.20 Å². The first-order chi connectivity index (χ1) is 20.6. The second-order valence-electron chi connectivity index (χ2n) is 12.5. The molecule has 7 heteroatoms. The fourth-order valence-corrected chi connectivity index (χ4v) is 6.90. The number of ether oxygens (including phenoxy) is 2. The van der Waals surface area contributed by atoms with Gasteiger partial charge in [-0.1, -0.05) is 51.2 Å². The Morgan fingerprint density at radius 3 is 2.71 bits per heavy atom. The maximum absolute atomic E-state index is 6.36. The molecule has 0 bridgehead atoms. The Hall–Kier alpha value is -2.90. The number of likely N-dealkylation sites (N-methyl/N-ethyl adjacent to an activating group) is 1. The Balaban J connectivity index is 1.05. The first-order valence-electron chi connectivity index (χ1n) is 16.4. The second-order valence-corrected chi connectivity index (χ2v) is 12.5. The first kappa shape index (κ1) is 29.2. The van der Waals surface area contributed by atoms with E-state index in [2.05, 4.69) is 84.9 Å². The van der Waals surface area contributed by atoms with Crippen molar-refractivity contribution in [3.63, 3.8) is 0 Å². The van der Waals surface area contributed by atoms with Gasteiger partial charge in [0.1, 0.15) is 18.1 Å². The minimum Gasteiger partial charge on any atom is -0.497 e. The molecule has 4 unspecified atom stereocenters. The lowest BCUT2D eigenvalue weighted by Crippen LogP contribution is -2.30. The van der Waals surface area contributed by atoms with Crippen molar-refractivity contribution in [1.82, 2.24) is 15.5 Å². The molecule has 0 saturated heterocycles. The zero-order valence-electron chi connectivity index (χ0n) is 25.8. The average molecular weight is 572 g/mol. The Morgan fingerprint density at radius 1 is 1.02 bits per heavy atom. The number of guanidine groups is 1. The lowest BCUT2D eigenvalue weighted by Gasteiger charge is -2.26. The molecule has 0 spiro atoms. The van der Waals surface area contributed by atoms with Gasteiger partial charge in [0.2, 0.25) is 5.96 Å². The molecule has 5 aliphatic carbocycles. The van der Waals surface area contributed by atoms with E-state index in [0.717, 1.165) is 89.1 Å². The van der Waals surface area contributed by atoms with Crippen molar-refractivity contribution < 1.29 is 9.47 Å². The molecule has 0 amide bonds. The Morgan fingerprint density at radius 2 is 1.90 bits per heavy atom. The van der Waals surface area contributed by atoms with E-state index < -0.39 is 0 Å². The van der Waals surface area contributed by atoms with Gasteiger partial charge in [0.05, 0.1) is 6.61 Å². The normalized spacial score (nSPS) is 30.9. The van der Waals surface area contributed by atoms with Crippen LogP contribution in [0.5, 0.6) is 0 Å². The highest BCUT2D eigenvalue weighted by atomic mass is 16.5. The van der Waals surface area contributed by atoms with Gasteiger partial charge in [-0.05, 0) is 69.8 Å². The van der Waals surface area contributed by atoms with Gasteiger partial charge >= 0.3 is 0 Å². The van der Waals surface area contributed by atoms with Gasteiger partial charge in [-0.15, -0.1) is 0 Å². The number of nitrogens with one attached hydrogen (secondary N) is 2. The molecule has 2 N–H and O–H groups in total. The minimum atomic E-state index is -0.0509. The van der Waals surface area contributed by atoms with Crippen molar-refractivity contribution in [3.05, 3.63) is 72.0 Å². The summed E-state index contributed by atoms with van der Waals surface area (Å²) in [6, 6.07) is 0.755. The molecule has 1 heterocycles. The van der Waals surface area contributed by atoms with Gasteiger partial charge in [-0.2, -0.15) is 0 Å². The van der Waals surface area contributed by atoms with Crippen LogP contribution in [0.1, 0.15) is 65.7 Å². The van der Waals surface area contributed by atoms with Crippen LogP contribution in [0.15, 0.2) is 82.0 Å². The molecule has 3 saturated carbocycles. The smallest absolute Gasteiger partial charge is 0.226 e. The zero-order chi connectivity index (χ0) is 29.0. The SMILES string of the molecule is CCN(CC)CCOC1=CC=C(NC2=NC=CCC(C34C=CC=C(OCC/C=C/CNC5CC5)C3C4)=N2)C2CC12CC. The van der Waals surface area contributed by atoms with Crippen LogP contribution < -0.4 is 10.6 Å². The molecule has 42 heavy (non-hydrogen) atoms. The number of hydrogen-bond donors (Lipinski definition) is 2. The number of allylic oxidation sites excluding steroid dienone is 9. The molecular weight excluding hydrogens is 522 g/mol. The number of aliphatic imine (C=N–C) groups is 2. The Kier molecular flexibility index (Phi) is 8.87. The molecule has 226 valence electrons. The van der Waals surface area contributed by atoms with Crippen molar-refractivity contribution in [3.8, 4) is 0 Å². The molecule has 0 aromatic rings. The molecule has 3 fully saturated rings. The van der Waals surface area contributed by atoms with Gasteiger partial charge in [0.15, 0.2) is 0 Å². The summed E-state index contributed by atoms with van der Waals surface area (Å²) in [4.78, 5) is 12.2. The molecule has 4 atom stereocenters. The highest BCUT2D eigenvalue weighted by molar-refractivity contribution is 6.05. The van der Waals surface area contributed by atoms with E-state index in [4.69, 9.17) is 19.5 Å². The quantitative estimate of drug-likeness (QED) is 0.175. The number of hydrogen-bond acceptors (Lipinski definition) is 7. The zero-order valence-corrected chi connectivity index (χ0v) is 25.8. The van der Waals surface area contributed by atoms with Crippen LogP contribution >= 0.6 is 0 Å². The van der Waals surface area contributed by atoms with Crippen LogP contribution in [0.3, 0.4) is 0 Å². The van der Waals surface area contributed by atoms with E-state index in [1.165, 1.54) is 24.3 Å². The maximum atomic E-state index is 6.36. The summed E-state index contributed by atoms with van der Waals surface area (Å²) < 4.78 is 12.6. The molecule has 0 aromatic heterocycles. The highest BCUT2D eigenvalue weighted by Crippen LogP contribution is 2.65. The molecule has 0 aromatic carbocycles. The Labute approximate surface area is 252 Å². The second kappa shape index (κ2) is 12.8. The summed E-state index contributed by atoms with van der Waals surface area (Å²) in [5.74, 6) is 3.75. The van der Waals surface area contributed by atoms with Crippen LogP contribution in [0.2, 0.25) is 0 Å². The van der Waals surface area contributed by atoms with Crippen molar-refractivity contribution in [2.75, 3.05) is 39.4 Å². The lowest BCUT2D eigenvalue weighted by molar-refractivity contribution is 0.131. The topological polar surface area (TPSA) is 70.5 Å². The van der Waals surface area contributed by atoms with Crippen molar-refractivity contribution in [1.29, 1.82) is 0 Å². The fourth-order valence-electron chi connectivity index (χ4n) is 6.90. The predicted octanol–water partition coefficient (Wildman–Crippen LogP) is 6.02. The van der Waals surface area contributed by atoms with Crippen molar-refractivity contribution in [2.24, 2.45) is 32.7 Å². The first-order valence-corrected chi connectivity index (χ1v) is 16.4.